The number of halogens is 2. The summed E-state index contributed by atoms with van der Waals surface area (Å²) in [6, 6.07) is 17.6. The second-order valence-corrected chi connectivity index (χ2v) is 13.4. The van der Waals surface area contributed by atoms with Crippen molar-refractivity contribution in [2.45, 2.75) is 79.4 Å². The van der Waals surface area contributed by atoms with E-state index in [9.17, 15) is 0 Å². The van der Waals surface area contributed by atoms with Crippen LogP contribution in [-0.2, 0) is 4.74 Å². The van der Waals surface area contributed by atoms with Crippen molar-refractivity contribution in [2.24, 2.45) is 10.8 Å². The van der Waals surface area contributed by atoms with Crippen molar-refractivity contribution in [3.05, 3.63) is 115 Å². The first-order valence-corrected chi connectivity index (χ1v) is 14.9. The van der Waals surface area contributed by atoms with Gasteiger partial charge in [0.15, 0.2) is 0 Å². The monoisotopic (exact) mass is 622 g/mol. The minimum atomic E-state index is -0.175. The van der Waals surface area contributed by atoms with Crippen LogP contribution in [0.1, 0.15) is 78.4 Å². The van der Waals surface area contributed by atoms with Gasteiger partial charge in [0, 0.05) is 19.8 Å². The van der Waals surface area contributed by atoms with E-state index in [4.69, 9.17) is 4.74 Å². The van der Waals surface area contributed by atoms with Crippen LogP contribution < -0.4 is 0 Å². The van der Waals surface area contributed by atoms with Crippen molar-refractivity contribution in [3.63, 3.8) is 0 Å². The van der Waals surface area contributed by atoms with Crippen molar-refractivity contribution in [1.82, 2.24) is 0 Å². The van der Waals surface area contributed by atoms with Crippen molar-refractivity contribution in [1.29, 1.82) is 0 Å². The second kappa shape index (κ2) is 10.8. The van der Waals surface area contributed by atoms with Gasteiger partial charge in [0.25, 0.3) is 0 Å². The van der Waals surface area contributed by atoms with Crippen molar-refractivity contribution >= 4 is 31.9 Å². The number of hydrogen-bond donors (Lipinski definition) is 0. The van der Waals surface area contributed by atoms with Crippen molar-refractivity contribution in [2.75, 3.05) is 0 Å². The molecule has 0 heterocycles. The van der Waals surface area contributed by atoms with Gasteiger partial charge in [-0.15, -0.1) is 0 Å². The largest absolute Gasteiger partial charge is 0.365 e. The molecular weight excluding hydrogens is 584 g/mol. The topological polar surface area (TPSA) is 9.23 Å². The van der Waals surface area contributed by atoms with E-state index in [0.29, 0.717) is 0 Å². The molecule has 0 saturated heterocycles. The Hall–Kier alpha value is -1.68. The van der Waals surface area contributed by atoms with Crippen LogP contribution in [0.2, 0.25) is 0 Å². The van der Waals surface area contributed by atoms with Crippen molar-refractivity contribution in [3.8, 4) is 0 Å². The molecule has 1 nitrogen and oxygen atoms in total. The van der Waals surface area contributed by atoms with Gasteiger partial charge in [-0.1, -0.05) is 130 Å². The summed E-state index contributed by atoms with van der Waals surface area (Å²) in [6.07, 6.45) is 9.28. The maximum absolute atomic E-state index is 7.32. The Labute approximate surface area is 241 Å². The number of allylic oxidation sites excluding steroid dienone is 4. The molecule has 37 heavy (non-hydrogen) atoms. The zero-order valence-corrected chi connectivity index (χ0v) is 26.6. The van der Waals surface area contributed by atoms with Crippen LogP contribution in [0.4, 0.5) is 0 Å². The fourth-order valence-electron chi connectivity index (χ4n) is 6.25. The molecule has 6 atom stereocenters. The van der Waals surface area contributed by atoms with Gasteiger partial charge in [0.2, 0.25) is 0 Å². The van der Waals surface area contributed by atoms with Gasteiger partial charge in [-0.05, 0) is 74.9 Å². The fourth-order valence-corrected chi connectivity index (χ4v) is 6.78. The first-order chi connectivity index (χ1) is 17.4. The third kappa shape index (κ3) is 5.29. The zero-order chi connectivity index (χ0) is 27.1. The van der Waals surface area contributed by atoms with Crippen LogP contribution in [0, 0.1) is 10.8 Å². The van der Waals surface area contributed by atoms with Crippen LogP contribution in [0.25, 0.3) is 0 Å². The molecule has 2 aliphatic rings. The van der Waals surface area contributed by atoms with E-state index >= 15 is 0 Å². The van der Waals surface area contributed by atoms with E-state index in [-0.39, 0.29) is 34.9 Å². The van der Waals surface area contributed by atoms with E-state index in [1.165, 1.54) is 33.4 Å². The zero-order valence-electron chi connectivity index (χ0n) is 23.4. The lowest BCUT2D eigenvalue weighted by atomic mass is 9.62. The molecule has 6 unspecified atom stereocenters. The van der Waals surface area contributed by atoms with Gasteiger partial charge >= 0.3 is 0 Å². The van der Waals surface area contributed by atoms with Gasteiger partial charge in [0.05, 0.1) is 12.2 Å². The normalized spacial score (nSPS) is 29.6. The highest BCUT2D eigenvalue weighted by Crippen LogP contribution is 2.53. The van der Waals surface area contributed by atoms with Gasteiger partial charge in [0.1, 0.15) is 0 Å². The predicted octanol–water partition coefficient (Wildman–Crippen LogP) is 10.7. The summed E-state index contributed by atoms with van der Waals surface area (Å²) in [5.41, 5.74) is 7.61. The molecule has 0 amide bonds. The lowest BCUT2D eigenvalue weighted by Crippen LogP contribution is -2.48. The molecule has 0 bridgehead atoms. The number of ether oxygens (including phenoxy) is 1. The molecule has 2 aromatic carbocycles. The van der Waals surface area contributed by atoms with E-state index in [1.807, 2.05) is 0 Å². The molecule has 2 aliphatic carbocycles. The summed E-state index contributed by atoms with van der Waals surface area (Å²) < 4.78 is 9.54. The molecule has 0 saturated carbocycles. The number of rotatable bonds is 6. The molecule has 4 rings (SSSR count). The van der Waals surface area contributed by atoms with E-state index in [1.54, 1.807) is 0 Å². The Morgan fingerprint density at radius 3 is 1.27 bits per heavy atom. The average Bonchev–Trinajstić information content (AvgIpc) is 2.85. The van der Waals surface area contributed by atoms with Gasteiger partial charge < -0.3 is 4.74 Å². The van der Waals surface area contributed by atoms with Crippen LogP contribution >= 0.6 is 31.9 Å². The third-order valence-electron chi connectivity index (χ3n) is 9.43. The minimum absolute atomic E-state index is 0.0486. The Bertz CT molecular complexity index is 1160. The Morgan fingerprint density at radius 1 is 0.622 bits per heavy atom. The molecule has 3 heteroatoms. The van der Waals surface area contributed by atoms with Crippen molar-refractivity contribution < 1.29 is 4.74 Å². The Balaban J connectivity index is 1.75. The fraction of sp³-hybridized carbons (Fsp3) is 0.412. The molecule has 0 fully saturated rings. The van der Waals surface area contributed by atoms with Crippen LogP contribution in [0.15, 0.2) is 104 Å². The number of benzene rings is 2. The van der Waals surface area contributed by atoms with Crippen LogP contribution in [-0.4, -0.2) is 12.2 Å². The summed E-state index contributed by atoms with van der Waals surface area (Å²) >= 11 is 7.20. The standard InChI is InChI=1S/C34H40Br2O/c1-21-17-23(3)33(7,25(5)27-9-13-29(35)14-10-27)31(19-21)37-32-20-22(2)18-24(4)34(32,8)26(6)28-11-15-30(36)16-12-28/h9-20,25-26,31-32H,1-8H3. The lowest BCUT2D eigenvalue weighted by Gasteiger charge is -2.50. The summed E-state index contributed by atoms with van der Waals surface area (Å²) in [6.45, 7) is 18.4. The quantitative estimate of drug-likeness (QED) is 0.311. The summed E-state index contributed by atoms with van der Waals surface area (Å²) in [5, 5.41) is 0. The average molecular weight is 625 g/mol. The maximum atomic E-state index is 7.32. The first kappa shape index (κ1) is 28.3. The smallest absolute Gasteiger partial charge is 0.0866 e. The molecule has 0 aliphatic heterocycles. The van der Waals surface area contributed by atoms with E-state index < -0.39 is 0 Å². The minimum Gasteiger partial charge on any atom is -0.365 e. The van der Waals surface area contributed by atoms with E-state index in [2.05, 4.69) is 160 Å². The molecule has 0 radical (unpaired) electrons. The molecule has 196 valence electrons. The second-order valence-electron chi connectivity index (χ2n) is 11.6. The SMILES string of the molecule is CC1=CC(OC2C=C(C)C=C(C)C2(C)C(C)c2ccc(Br)cc2)C(C)(C(C)c2ccc(Br)cc2)C(C)=C1. The van der Waals surface area contributed by atoms with Gasteiger partial charge in [-0.2, -0.15) is 0 Å². The molecule has 0 aromatic heterocycles. The maximum Gasteiger partial charge on any atom is 0.0866 e. The van der Waals surface area contributed by atoms with Gasteiger partial charge in [-0.3, -0.25) is 0 Å². The van der Waals surface area contributed by atoms with Crippen LogP contribution in [0.5, 0.6) is 0 Å². The Morgan fingerprint density at radius 2 is 0.946 bits per heavy atom. The van der Waals surface area contributed by atoms with Crippen LogP contribution in [0.3, 0.4) is 0 Å². The molecule has 0 spiro atoms. The Kier molecular flexibility index (Phi) is 8.29. The predicted molar refractivity (Wildman–Crippen MR) is 165 cm³/mol. The summed E-state index contributed by atoms with van der Waals surface area (Å²) in [7, 11) is 0. The summed E-state index contributed by atoms with van der Waals surface area (Å²) in [4.78, 5) is 0. The molecule has 0 N–H and O–H groups in total. The first-order valence-electron chi connectivity index (χ1n) is 13.3. The third-order valence-corrected chi connectivity index (χ3v) is 10.5. The number of hydrogen-bond acceptors (Lipinski definition) is 1. The highest BCUT2D eigenvalue weighted by molar-refractivity contribution is 9.10. The molecular formula is C34H40Br2O. The summed E-state index contributed by atoms with van der Waals surface area (Å²) in [5.74, 6) is 0.568. The van der Waals surface area contributed by atoms with E-state index in [0.717, 1.165) is 8.95 Å². The van der Waals surface area contributed by atoms with Gasteiger partial charge in [-0.25, -0.2) is 0 Å². The highest BCUT2D eigenvalue weighted by Gasteiger charge is 2.48. The molecule has 2 aromatic rings. The lowest BCUT2D eigenvalue weighted by molar-refractivity contribution is -0.0736. The highest BCUT2D eigenvalue weighted by atomic mass is 79.9.